The average Bonchev–Trinajstić information content (AvgIpc) is 2.37. The third-order valence-corrected chi connectivity index (χ3v) is 3.95. The number of thioether (sulfide) groups is 1. The minimum absolute atomic E-state index is 0.0969. The van der Waals surface area contributed by atoms with Crippen LogP contribution in [0.4, 0.5) is 4.79 Å². The summed E-state index contributed by atoms with van der Waals surface area (Å²) in [6, 6.07) is 0. The molecule has 1 aliphatic heterocycles. The van der Waals surface area contributed by atoms with Crippen molar-refractivity contribution in [3.8, 4) is 0 Å². The van der Waals surface area contributed by atoms with Crippen molar-refractivity contribution in [1.82, 2.24) is 14.9 Å². The maximum absolute atomic E-state index is 12.3. The maximum Gasteiger partial charge on any atom is 0.410 e. The molecule has 7 heteroatoms. The number of hydrogen-bond acceptors (Lipinski definition) is 5. The van der Waals surface area contributed by atoms with Crippen LogP contribution in [0.1, 0.15) is 44.9 Å². The van der Waals surface area contributed by atoms with Gasteiger partial charge in [0.2, 0.25) is 0 Å². The van der Waals surface area contributed by atoms with Crippen LogP contribution in [0.2, 0.25) is 0 Å². The molecule has 0 aliphatic carbocycles. The smallest absolute Gasteiger partial charge is 0.410 e. The van der Waals surface area contributed by atoms with Crippen LogP contribution >= 0.6 is 11.8 Å². The highest BCUT2D eigenvalue weighted by atomic mass is 32.2. The number of aromatic nitrogens is 2. The van der Waals surface area contributed by atoms with Gasteiger partial charge in [-0.25, -0.2) is 9.78 Å². The van der Waals surface area contributed by atoms with Gasteiger partial charge in [-0.2, -0.15) is 0 Å². The number of carbonyl (C=O) groups is 1. The Morgan fingerprint density at radius 2 is 2.09 bits per heavy atom. The molecule has 1 aromatic rings. The molecule has 0 saturated carbocycles. The molecule has 122 valence electrons. The van der Waals surface area contributed by atoms with E-state index in [1.165, 1.54) is 11.8 Å². The monoisotopic (exact) mass is 325 g/mol. The molecule has 6 nitrogen and oxygen atoms in total. The molecule has 1 aliphatic rings. The summed E-state index contributed by atoms with van der Waals surface area (Å²) in [5.41, 5.74) is 0.735. The second-order valence-corrected chi connectivity index (χ2v) is 7.15. The van der Waals surface area contributed by atoms with Gasteiger partial charge in [-0.1, -0.05) is 11.8 Å². The number of nitrogens with zero attached hydrogens (tertiary/aromatic N) is 2. The van der Waals surface area contributed by atoms with E-state index in [1.54, 1.807) is 4.90 Å². The molecule has 1 amide bonds. The zero-order valence-electron chi connectivity index (χ0n) is 13.6. The molecular weight excluding hydrogens is 302 g/mol. The summed E-state index contributed by atoms with van der Waals surface area (Å²) in [5, 5.41) is 0.577. The van der Waals surface area contributed by atoms with Gasteiger partial charge < -0.3 is 14.6 Å². The number of ether oxygens (including phenoxy) is 1. The fourth-order valence-electron chi connectivity index (χ4n) is 2.35. The Hall–Kier alpha value is -1.50. The third kappa shape index (κ3) is 4.25. The van der Waals surface area contributed by atoms with Gasteiger partial charge in [0.25, 0.3) is 5.56 Å². The fraction of sp³-hybridized carbons (Fsp3) is 0.667. The Bertz CT molecular complexity index is 607. The van der Waals surface area contributed by atoms with Gasteiger partial charge in [0.15, 0.2) is 5.16 Å². The molecule has 0 fully saturated rings. The van der Waals surface area contributed by atoms with Crippen LogP contribution in [0.15, 0.2) is 9.95 Å². The molecule has 0 spiro atoms. The van der Waals surface area contributed by atoms with E-state index in [-0.39, 0.29) is 11.7 Å². The lowest BCUT2D eigenvalue weighted by atomic mass is 10.0. The Morgan fingerprint density at radius 3 is 2.73 bits per heavy atom. The predicted octanol–water partition coefficient (Wildman–Crippen LogP) is 2.57. The first kappa shape index (κ1) is 16.9. The predicted molar refractivity (Wildman–Crippen MR) is 86.2 cm³/mol. The van der Waals surface area contributed by atoms with Crippen LogP contribution in [0.25, 0.3) is 0 Å². The van der Waals surface area contributed by atoms with E-state index in [1.807, 2.05) is 27.0 Å². The molecule has 0 atom stereocenters. The van der Waals surface area contributed by atoms with Gasteiger partial charge in [-0.05, 0) is 46.3 Å². The third-order valence-electron chi connectivity index (χ3n) is 3.37. The van der Waals surface area contributed by atoms with E-state index in [2.05, 4.69) is 9.97 Å². The first-order valence-corrected chi connectivity index (χ1v) is 8.66. The van der Waals surface area contributed by atoms with Gasteiger partial charge in [0.1, 0.15) is 5.60 Å². The zero-order chi connectivity index (χ0) is 16.3. The van der Waals surface area contributed by atoms with Crippen molar-refractivity contribution in [3.63, 3.8) is 0 Å². The lowest BCUT2D eigenvalue weighted by Gasteiger charge is -2.29. The van der Waals surface area contributed by atoms with E-state index in [9.17, 15) is 9.59 Å². The zero-order valence-corrected chi connectivity index (χ0v) is 14.4. The van der Waals surface area contributed by atoms with Crippen LogP contribution in [0.3, 0.4) is 0 Å². The van der Waals surface area contributed by atoms with E-state index >= 15 is 0 Å². The molecule has 22 heavy (non-hydrogen) atoms. The van der Waals surface area contributed by atoms with Crippen LogP contribution < -0.4 is 5.56 Å². The number of fused-ring (bicyclic) bond motifs is 1. The Kier molecular flexibility index (Phi) is 5.16. The van der Waals surface area contributed by atoms with Gasteiger partial charge in [-0.15, -0.1) is 0 Å². The highest BCUT2D eigenvalue weighted by molar-refractivity contribution is 7.98. The Labute approximate surface area is 134 Å². The largest absolute Gasteiger partial charge is 0.444 e. The molecule has 0 saturated heterocycles. The first-order chi connectivity index (χ1) is 10.3. The SMILES string of the molecule is CSc1nc2c(c(=O)[nH]1)CCCCN(C(=O)OC(C)(C)C)C2. The molecule has 0 bridgehead atoms. The van der Waals surface area contributed by atoms with Crippen LogP contribution in [-0.4, -0.2) is 39.4 Å². The summed E-state index contributed by atoms with van der Waals surface area (Å²) in [5.74, 6) is 0. The maximum atomic E-state index is 12.3. The quantitative estimate of drug-likeness (QED) is 0.634. The number of aromatic amines is 1. The van der Waals surface area contributed by atoms with Gasteiger partial charge in [-0.3, -0.25) is 4.79 Å². The first-order valence-electron chi connectivity index (χ1n) is 7.44. The average molecular weight is 325 g/mol. The molecule has 0 aromatic carbocycles. The van der Waals surface area contributed by atoms with Crippen molar-refractivity contribution < 1.29 is 9.53 Å². The van der Waals surface area contributed by atoms with E-state index in [0.29, 0.717) is 35.9 Å². The molecule has 1 N–H and O–H groups in total. The van der Waals surface area contributed by atoms with Crippen LogP contribution in [0.5, 0.6) is 0 Å². The van der Waals surface area contributed by atoms with Gasteiger partial charge >= 0.3 is 6.09 Å². The Balaban J connectivity index is 2.29. The second kappa shape index (κ2) is 6.73. The summed E-state index contributed by atoms with van der Waals surface area (Å²) in [6.07, 6.45) is 3.92. The van der Waals surface area contributed by atoms with Gasteiger partial charge in [0.05, 0.1) is 12.2 Å². The van der Waals surface area contributed by atoms with Crippen LogP contribution in [-0.2, 0) is 17.7 Å². The summed E-state index contributed by atoms with van der Waals surface area (Å²) >= 11 is 1.39. The topological polar surface area (TPSA) is 75.3 Å². The number of nitrogens with one attached hydrogen (secondary N) is 1. The summed E-state index contributed by atoms with van der Waals surface area (Å²) in [4.78, 5) is 33.4. The molecule has 2 heterocycles. The normalized spacial score (nSPS) is 15.7. The summed E-state index contributed by atoms with van der Waals surface area (Å²) in [6.45, 7) is 6.48. The summed E-state index contributed by atoms with van der Waals surface area (Å²) in [7, 11) is 0. The highest BCUT2D eigenvalue weighted by Gasteiger charge is 2.25. The van der Waals surface area contributed by atoms with E-state index in [4.69, 9.17) is 4.74 Å². The van der Waals surface area contributed by atoms with Crippen LogP contribution in [0, 0.1) is 0 Å². The van der Waals surface area contributed by atoms with E-state index < -0.39 is 5.60 Å². The van der Waals surface area contributed by atoms with Crippen molar-refractivity contribution in [2.24, 2.45) is 0 Å². The van der Waals surface area contributed by atoms with Crippen molar-refractivity contribution in [3.05, 3.63) is 21.6 Å². The highest BCUT2D eigenvalue weighted by Crippen LogP contribution is 2.18. The number of amides is 1. The van der Waals surface area contributed by atoms with Crippen molar-refractivity contribution in [2.45, 2.75) is 57.3 Å². The minimum Gasteiger partial charge on any atom is -0.444 e. The van der Waals surface area contributed by atoms with E-state index in [0.717, 1.165) is 12.8 Å². The summed E-state index contributed by atoms with van der Waals surface area (Å²) < 4.78 is 5.44. The second-order valence-electron chi connectivity index (χ2n) is 6.36. The molecule has 2 rings (SSSR count). The van der Waals surface area contributed by atoms with Crippen molar-refractivity contribution in [1.29, 1.82) is 0 Å². The molecule has 0 radical (unpaired) electrons. The Morgan fingerprint density at radius 1 is 1.36 bits per heavy atom. The van der Waals surface area contributed by atoms with Crippen molar-refractivity contribution >= 4 is 17.9 Å². The lowest BCUT2D eigenvalue weighted by Crippen LogP contribution is -2.39. The minimum atomic E-state index is -0.533. The van der Waals surface area contributed by atoms with Crippen molar-refractivity contribution in [2.75, 3.05) is 12.8 Å². The standard InChI is InChI=1S/C15H23N3O3S/c1-15(2,3)21-14(20)18-8-6-5-7-10-11(9-18)16-13(22-4)17-12(10)19/h5-9H2,1-4H3,(H,16,17,19). The fourth-order valence-corrected chi connectivity index (χ4v) is 2.75. The number of H-pyrrole nitrogens is 1. The lowest BCUT2D eigenvalue weighted by molar-refractivity contribution is 0.0224. The van der Waals surface area contributed by atoms with Gasteiger partial charge in [0, 0.05) is 12.1 Å². The molecule has 0 unspecified atom stereocenters. The number of hydrogen-bond donors (Lipinski definition) is 1. The molecular formula is C15H23N3O3S. The number of rotatable bonds is 1. The number of carbonyl (C=O) groups excluding carboxylic acids is 1. The molecule has 1 aromatic heterocycles.